The Morgan fingerprint density at radius 2 is 2.00 bits per heavy atom. The second-order valence-corrected chi connectivity index (χ2v) is 7.72. The van der Waals surface area contributed by atoms with Crippen LogP contribution in [0.3, 0.4) is 0 Å². The van der Waals surface area contributed by atoms with E-state index in [-0.39, 0.29) is 40.6 Å². The van der Waals surface area contributed by atoms with Gasteiger partial charge >= 0.3 is 0 Å². The number of carbonyl (C=O) groups excluding carboxylic acids is 1. The van der Waals surface area contributed by atoms with Crippen molar-refractivity contribution in [2.24, 2.45) is 0 Å². The summed E-state index contributed by atoms with van der Waals surface area (Å²) in [6, 6.07) is 6.57. The van der Waals surface area contributed by atoms with Crippen LogP contribution in [0.2, 0.25) is 0 Å². The summed E-state index contributed by atoms with van der Waals surface area (Å²) < 4.78 is 12.0. The van der Waals surface area contributed by atoms with Crippen molar-refractivity contribution < 1.29 is 14.1 Å². The maximum Gasteiger partial charge on any atom is 0.292 e. The average Bonchev–Trinajstić information content (AvgIpc) is 3.27. The Hall–Kier alpha value is -4.32. The van der Waals surface area contributed by atoms with Crippen LogP contribution in [-0.4, -0.2) is 56.9 Å². The molecule has 0 spiro atoms. The van der Waals surface area contributed by atoms with E-state index in [0.29, 0.717) is 17.0 Å². The van der Waals surface area contributed by atoms with Crippen molar-refractivity contribution in [2.75, 3.05) is 24.8 Å². The lowest BCUT2D eigenvalue weighted by Crippen LogP contribution is -2.51. The Labute approximate surface area is 193 Å². The lowest BCUT2D eigenvalue weighted by molar-refractivity contribution is 0.00678. The molecule has 0 unspecified atom stereocenters. The summed E-state index contributed by atoms with van der Waals surface area (Å²) in [5.74, 6) is 0.138. The Morgan fingerprint density at radius 1 is 1.18 bits per heavy atom. The van der Waals surface area contributed by atoms with Gasteiger partial charge in [0.05, 0.1) is 17.8 Å². The third kappa shape index (κ3) is 3.83. The third-order valence-electron chi connectivity index (χ3n) is 5.72. The van der Waals surface area contributed by atoms with Gasteiger partial charge in [-0.3, -0.25) is 14.2 Å². The first-order valence-corrected chi connectivity index (χ1v) is 10.7. The minimum Gasteiger partial charge on any atom is -0.386 e. The Bertz CT molecular complexity index is 1400. The first-order valence-electron chi connectivity index (χ1n) is 10.7. The predicted molar refractivity (Wildman–Crippen MR) is 124 cm³/mol. The summed E-state index contributed by atoms with van der Waals surface area (Å²) in [5.41, 5.74) is 1.14. The molecule has 4 aromatic rings. The number of nitrogens with one attached hydrogen (secondary N) is 3. The number of methoxy groups -OCH3 is 1. The van der Waals surface area contributed by atoms with E-state index in [9.17, 15) is 9.59 Å². The first-order chi connectivity index (χ1) is 16.6. The number of fused-ring (bicyclic) bond motifs is 1. The SMILES string of the molecule is CNc1cc(Nc2cccn(-c3ncccn3)c2=O)nc2c(C(=O)N[C@@H]3CC[C@H]3OC)onc12. The van der Waals surface area contributed by atoms with Gasteiger partial charge in [-0.15, -0.1) is 0 Å². The van der Waals surface area contributed by atoms with Crippen molar-refractivity contribution in [3.8, 4) is 5.95 Å². The molecule has 0 saturated heterocycles. The van der Waals surface area contributed by atoms with Crippen molar-refractivity contribution in [2.45, 2.75) is 25.0 Å². The molecule has 5 rings (SSSR count). The molecule has 1 aliphatic carbocycles. The van der Waals surface area contributed by atoms with Gasteiger partial charge in [-0.05, 0) is 31.0 Å². The molecule has 1 fully saturated rings. The molecule has 1 aliphatic rings. The van der Waals surface area contributed by atoms with Crippen molar-refractivity contribution in [1.82, 2.24) is 30.0 Å². The van der Waals surface area contributed by atoms with Gasteiger partial charge in [-0.25, -0.2) is 15.0 Å². The molecule has 0 bridgehead atoms. The highest BCUT2D eigenvalue weighted by Gasteiger charge is 2.34. The Morgan fingerprint density at radius 3 is 2.71 bits per heavy atom. The Kier molecular flexibility index (Phi) is 5.64. The number of aromatic nitrogens is 5. The molecular formula is C22H22N8O4. The highest BCUT2D eigenvalue weighted by Crippen LogP contribution is 2.29. The van der Waals surface area contributed by atoms with Crippen LogP contribution in [0.15, 0.2) is 52.2 Å². The molecule has 2 atom stereocenters. The van der Waals surface area contributed by atoms with Crippen molar-refractivity contribution in [3.05, 3.63) is 59.0 Å². The van der Waals surface area contributed by atoms with Gasteiger partial charge in [0, 0.05) is 38.8 Å². The number of nitrogens with zero attached hydrogens (tertiary/aromatic N) is 5. The summed E-state index contributed by atoms with van der Waals surface area (Å²) in [6.07, 6.45) is 6.38. The number of hydrogen-bond donors (Lipinski definition) is 3. The number of rotatable bonds is 7. The summed E-state index contributed by atoms with van der Waals surface area (Å²) in [5, 5.41) is 13.0. The van der Waals surface area contributed by atoms with E-state index in [4.69, 9.17) is 9.26 Å². The lowest BCUT2D eigenvalue weighted by atomic mass is 9.89. The first kappa shape index (κ1) is 21.5. The number of amides is 1. The van der Waals surface area contributed by atoms with Gasteiger partial charge in [0.25, 0.3) is 11.5 Å². The normalized spacial score (nSPS) is 17.2. The minimum absolute atomic E-state index is 0.0138. The monoisotopic (exact) mass is 462 g/mol. The summed E-state index contributed by atoms with van der Waals surface area (Å²) >= 11 is 0. The van der Waals surface area contributed by atoms with Crippen molar-refractivity contribution >= 4 is 34.1 Å². The van der Waals surface area contributed by atoms with Crippen molar-refractivity contribution in [1.29, 1.82) is 0 Å². The van der Waals surface area contributed by atoms with Crippen LogP contribution in [0.5, 0.6) is 0 Å². The van der Waals surface area contributed by atoms with E-state index < -0.39 is 5.91 Å². The van der Waals surface area contributed by atoms with E-state index in [2.05, 4.69) is 36.1 Å². The molecule has 0 radical (unpaired) electrons. The van der Waals surface area contributed by atoms with Gasteiger partial charge in [-0.2, -0.15) is 0 Å². The molecule has 174 valence electrons. The van der Waals surface area contributed by atoms with Gasteiger partial charge in [0.15, 0.2) is 5.52 Å². The van der Waals surface area contributed by atoms with Crippen LogP contribution < -0.4 is 21.5 Å². The number of anilines is 3. The fourth-order valence-corrected chi connectivity index (χ4v) is 3.78. The molecule has 0 aromatic carbocycles. The smallest absolute Gasteiger partial charge is 0.292 e. The number of ether oxygens (including phenoxy) is 1. The highest BCUT2D eigenvalue weighted by molar-refractivity contribution is 6.05. The molecule has 1 amide bonds. The zero-order valence-electron chi connectivity index (χ0n) is 18.5. The third-order valence-corrected chi connectivity index (χ3v) is 5.72. The van der Waals surface area contributed by atoms with E-state index in [1.165, 1.54) is 4.57 Å². The Balaban J connectivity index is 1.48. The molecule has 4 heterocycles. The quantitative estimate of drug-likeness (QED) is 0.371. The molecule has 12 nitrogen and oxygen atoms in total. The fourth-order valence-electron chi connectivity index (χ4n) is 3.78. The molecule has 0 aliphatic heterocycles. The maximum absolute atomic E-state index is 13.0. The molecule has 34 heavy (non-hydrogen) atoms. The fraction of sp³-hybridized carbons (Fsp3) is 0.273. The zero-order valence-corrected chi connectivity index (χ0v) is 18.5. The zero-order chi connectivity index (χ0) is 23.7. The van der Waals surface area contributed by atoms with Crippen LogP contribution in [0.1, 0.15) is 23.4 Å². The average molecular weight is 462 g/mol. The van der Waals surface area contributed by atoms with Gasteiger partial charge in [-0.1, -0.05) is 5.16 Å². The second-order valence-electron chi connectivity index (χ2n) is 7.72. The molecule has 1 saturated carbocycles. The lowest BCUT2D eigenvalue weighted by Gasteiger charge is -2.35. The second kappa shape index (κ2) is 8.90. The van der Waals surface area contributed by atoms with Crippen LogP contribution >= 0.6 is 0 Å². The van der Waals surface area contributed by atoms with Crippen LogP contribution in [0.4, 0.5) is 17.2 Å². The molecule has 3 N–H and O–H groups in total. The predicted octanol–water partition coefficient (Wildman–Crippen LogP) is 1.86. The van der Waals surface area contributed by atoms with Gasteiger partial charge in [0.2, 0.25) is 11.7 Å². The number of pyridine rings is 2. The summed E-state index contributed by atoms with van der Waals surface area (Å²) in [7, 11) is 3.33. The number of hydrogen-bond acceptors (Lipinski definition) is 10. The van der Waals surface area contributed by atoms with Crippen LogP contribution in [0, 0.1) is 0 Å². The van der Waals surface area contributed by atoms with E-state index in [1.54, 1.807) is 57.0 Å². The molecule has 12 heteroatoms. The van der Waals surface area contributed by atoms with E-state index >= 15 is 0 Å². The van der Waals surface area contributed by atoms with Crippen molar-refractivity contribution in [3.63, 3.8) is 0 Å². The largest absolute Gasteiger partial charge is 0.386 e. The van der Waals surface area contributed by atoms with Gasteiger partial charge in [0.1, 0.15) is 17.0 Å². The molecule has 4 aromatic heterocycles. The summed E-state index contributed by atoms with van der Waals surface area (Å²) in [4.78, 5) is 38.6. The van der Waals surface area contributed by atoms with Crippen LogP contribution in [0.25, 0.3) is 17.0 Å². The van der Waals surface area contributed by atoms with E-state index in [1.807, 2.05) is 0 Å². The topological polar surface area (TPSA) is 149 Å². The highest BCUT2D eigenvalue weighted by atomic mass is 16.5. The minimum atomic E-state index is -0.427. The standard InChI is InChI=1S/C22H22N8O4/c1-23-14-11-16(26-13-5-3-10-30(21(13)32)22-24-8-4-9-25-22)28-18-17(14)29-34-19(18)20(31)27-12-6-7-15(12)33-2/h3-5,8-12,15,23H,6-7H2,1-2H3,(H,26,28)(H,27,31)/t12-,15-/m1/s1. The maximum atomic E-state index is 13.0. The summed E-state index contributed by atoms with van der Waals surface area (Å²) in [6.45, 7) is 0. The van der Waals surface area contributed by atoms with Gasteiger partial charge < -0.3 is 25.2 Å². The number of carbonyl (C=O) groups is 1. The van der Waals surface area contributed by atoms with E-state index in [0.717, 1.165) is 12.8 Å². The van der Waals surface area contributed by atoms with Crippen LogP contribution in [-0.2, 0) is 4.74 Å². The molecular weight excluding hydrogens is 440 g/mol.